The van der Waals surface area contributed by atoms with Crippen LogP contribution in [0.3, 0.4) is 0 Å². The molecule has 82 valence electrons. The van der Waals surface area contributed by atoms with Crippen molar-refractivity contribution in [3.63, 3.8) is 0 Å². The zero-order valence-corrected chi connectivity index (χ0v) is 9.53. The average Bonchev–Trinajstić information content (AvgIpc) is 2.27. The third-order valence-corrected chi connectivity index (χ3v) is 1.92. The Morgan fingerprint density at radius 2 is 1.94 bits per heavy atom. The topological polar surface area (TPSA) is 36.3 Å². The lowest BCUT2D eigenvalue weighted by molar-refractivity contribution is 0.261. The third-order valence-electron chi connectivity index (χ3n) is 1.92. The first kappa shape index (κ1) is 12.1. The van der Waals surface area contributed by atoms with E-state index in [4.69, 9.17) is 10.00 Å². The van der Waals surface area contributed by atoms with Crippen LogP contribution >= 0.6 is 0 Å². The highest BCUT2D eigenvalue weighted by Crippen LogP contribution is 2.11. The maximum absolute atomic E-state index is 8.30. The van der Waals surface area contributed by atoms with Gasteiger partial charge in [-0.15, -0.1) is 0 Å². The molecule has 0 fully saturated rings. The van der Waals surface area contributed by atoms with Gasteiger partial charge in [0.1, 0.15) is 12.4 Å². The van der Waals surface area contributed by atoms with Gasteiger partial charge >= 0.3 is 0 Å². The lowest BCUT2D eigenvalue weighted by atomic mass is 10.2. The van der Waals surface area contributed by atoms with E-state index in [1.165, 1.54) is 0 Å². The molecule has 0 amide bonds. The summed E-state index contributed by atoms with van der Waals surface area (Å²) in [5.74, 6) is 5.89. The fourth-order valence-corrected chi connectivity index (χ4v) is 1.08. The molecule has 0 unspecified atom stereocenters. The van der Waals surface area contributed by atoms with Crippen LogP contribution in [-0.4, -0.2) is 32.1 Å². The largest absolute Gasteiger partial charge is 0.492 e. The maximum atomic E-state index is 8.30. The van der Waals surface area contributed by atoms with Gasteiger partial charge in [0.25, 0.3) is 0 Å². The van der Waals surface area contributed by atoms with Gasteiger partial charge < -0.3 is 9.64 Å². The fraction of sp³-hybridized carbons (Fsp3) is 0.308. The number of nitriles is 1. The Labute approximate surface area is 96.3 Å². The Kier molecular flexibility index (Phi) is 4.92. The third kappa shape index (κ3) is 4.50. The zero-order valence-electron chi connectivity index (χ0n) is 9.53. The van der Waals surface area contributed by atoms with E-state index in [1.807, 2.05) is 38.4 Å². The van der Waals surface area contributed by atoms with Crippen molar-refractivity contribution < 1.29 is 4.74 Å². The predicted octanol–water partition coefficient (Wildman–Crippen LogP) is 1.50. The molecular weight excluding hydrogens is 200 g/mol. The highest BCUT2D eigenvalue weighted by atomic mass is 16.5. The van der Waals surface area contributed by atoms with E-state index >= 15 is 0 Å². The van der Waals surface area contributed by atoms with Gasteiger partial charge in [-0.1, -0.05) is 5.92 Å². The van der Waals surface area contributed by atoms with Crippen molar-refractivity contribution in [2.45, 2.75) is 0 Å². The monoisotopic (exact) mass is 214 g/mol. The maximum Gasteiger partial charge on any atom is 0.152 e. The summed E-state index contributed by atoms with van der Waals surface area (Å²) in [4.78, 5) is 2.06. The summed E-state index contributed by atoms with van der Waals surface area (Å²) in [5, 5.41) is 8.30. The van der Waals surface area contributed by atoms with Crippen LogP contribution in [0.15, 0.2) is 24.3 Å². The zero-order chi connectivity index (χ0) is 11.8. The molecule has 1 rings (SSSR count). The van der Waals surface area contributed by atoms with Crippen molar-refractivity contribution in [3.05, 3.63) is 29.8 Å². The van der Waals surface area contributed by atoms with Crippen LogP contribution in [0.2, 0.25) is 0 Å². The van der Waals surface area contributed by atoms with Crippen molar-refractivity contribution in [1.29, 1.82) is 5.26 Å². The molecule has 0 aromatic heterocycles. The minimum atomic E-state index is 0.663. The van der Waals surface area contributed by atoms with Crippen LogP contribution in [0, 0.1) is 23.2 Å². The second-order valence-corrected chi connectivity index (χ2v) is 3.54. The molecule has 0 N–H and O–H groups in total. The standard InChI is InChI=1S/C13H14N2O/c1-15(2)10-11-16-13-7-5-12(6-8-13)4-3-9-14/h5-8H,10-11H2,1-2H3. The number of benzene rings is 1. The minimum Gasteiger partial charge on any atom is -0.492 e. The molecule has 16 heavy (non-hydrogen) atoms. The lowest BCUT2D eigenvalue weighted by Gasteiger charge is -2.10. The fourth-order valence-electron chi connectivity index (χ4n) is 1.08. The highest BCUT2D eigenvalue weighted by Gasteiger charge is 1.94. The van der Waals surface area contributed by atoms with Gasteiger partial charge in [0, 0.05) is 18.0 Å². The number of nitrogens with zero attached hydrogens (tertiary/aromatic N) is 2. The van der Waals surface area contributed by atoms with Crippen molar-refractivity contribution in [2.75, 3.05) is 27.2 Å². The lowest BCUT2D eigenvalue weighted by Crippen LogP contribution is -2.19. The molecule has 3 heteroatoms. The second kappa shape index (κ2) is 6.50. The molecule has 1 aromatic carbocycles. The van der Waals surface area contributed by atoms with Crippen molar-refractivity contribution >= 4 is 0 Å². The van der Waals surface area contributed by atoms with Crippen LogP contribution < -0.4 is 4.74 Å². The molecule has 0 heterocycles. The van der Waals surface area contributed by atoms with Crippen LogP contribution in [0.1, 0.15) is 5.56 Å². The van der Waals surface area contributed by atoms with Crippen molar-refractivity contribution in [1.82, 2.24) is 4.90 Å². The quantitative estimate of drug-likeness (QED) is 0.713. The molecule has 0 atom stereocenters. The molecule has 1 aromatic rings. The van der Waals surface area contributed by atoms with Crippen molar-refractivity contribution in [3.8, 4) is 23.7 Å². The summed E-state index contributed by atoms with van der Waals surface area (Å²) in [6.07, 6.45) is 0. The average molecular weight is 214 g/mol. The Morgan fingerprint density at radius 1 is 1.25 bits per heavy atom. The molecule has 0 aliphatic heterocycles. The van der Waals surface area contributed by atoms with E-state index in [1.54, 1.807) is 6.07 Å². The Balaban J connectivity index is 2.49. The Bertz CT molecular complexity index is 418. The van der Waals surface area contributed by atoms with Gasteiger partial charge in [0.15, 0.2) is 6.07 Å². The smallest absolute Gasteiger partial charge is 0.152 e. The summed E-state index contributed by atoms with van der Waals surface area (Å²) in [6, 6.07) is 9.18. The van der Waals surface area contributed by atoms with Crippen LogP contribution in [0.25, 0.3) is 0 Å². The van der Waals surface area contributed by atoms with Gasteiger partial charge in [-0.2, -0.15) is 5.26 Å². The Morgan fingerprint density at radius 3 is 2.50 bits per heavy atom. The second-order valence-electron chi connectivity index (χ2n) is 3.54. The van der Waals surface area contributed by atoms with Gasteiger partial charge in [-0.25, -0.2) is 0 Å². The van der Waals surface area contributed by atoms with Gasteiger partial charge in [0.2, 0.25) is 0 Å². The minimum absolute atomic E-state index is 0.663. The van der Waals surface area contributed by atoms with E-state index < -0.39 is 0 Å². The number of hydrogen-bond acceptors (Lipinski definition) is 3. The number of rotatable bonds is 4. The number of hydrogen-bond donors (Lipinski definition) is 0. The van der Waals surface area contributed by atoms with E-state index in [2.05, 4.69) is 16.7 Å². The molecule has 0 aliphatic carbocycles. The van der Waals surface area contributed by atoms with Crippen LogP contribution in [-0.2, 0) is 0 Å². The molecule has 0 radical (unpaired) electrons. The molecule has 0 saturated heterocycles. The van der Waals surface area contributed by atoms with E-state index in [-0.39, 0.29) is 0 Å². The molecule has 3 nitrogen and oxygen atoms in total. The molecular formula is C13H14N2O. The predicted molar refractivity (Wildman–Crippen MR) is 63.0 cm³/mol. The molecule has 0 aliphatic rings. The summed E-state index contributed by atoms with van der Waals surface area (Å²) in [6.45, 7) is 1.55. The van der Waals surface area contributed by atoms with E-state index in [0.717, 1.165) is 17.9 Å². The van der Waals surface area contributed by atoms with E-state index in [9.17, 15) is 0 Å². The normalized spacial score (nSPS) is 9.12. The first-order chi connectivity index (χ1) is 7.72. The van der Waals surface area contributed by atoms with Crippen molar-refractivity contribution in [2.24, 2.45) is 0 Å². The van der Waals surface area contributed by atoms with Gasteiger partial charge in [-0.05, 0) is 38.4 Å². The molecule has 0 spiro atoms. The summed E-state index contributed by atoms with van der Waals surface area (Å²) in [7, 11) is 4.01. The summed E-state index contributed by atoms with van der Waals surface area (Å²) in [5.41, 5.74) is 0.821. The number of ether oxygens (including phenoxy) is 1. The SMILES string of the molecule is CN(C)CCOc1ccc(C#CC#N)cc1. The Hall–Kier alpha value is -1.97. The highest BCUT2D eigenvalue weighted by molar-refractivity contribution is 5.40. The first-order valence-electron chi connectivity index (χ1n) is 5.00. The molecule has 0 saturated carbocycles. The van der Waals surface area contributed by atoms with Crippen LogP contribution in [0.5, 0.6) is 5.75 Å². The van der Waals surface area contributed by atoms with Gasteiger partial charge in [0.05, 0.1) is 0 Å². The first-order valence-corrected chi connectivity index (χ1v) is 5.00. The van der Waals surface area contributed by atoms with E-state index in [0.29, 0.717) is 6.61 Å². The summed E-state index contributed by atoms with van der Waals surface area (Å²) < 4.78 is 5.52. The summed E-state index contributed by atoms with van der Waals surface area (Å²) >= 11 is 0. The molecule has 0 bridgehead atoms. The van der Waals surface area contributed by atoms with Gasteiger partial charge in [-0.3, -0.25) is 0 Å². The van der Waals surface area contributed by atoms with Crippen LogP contribution in [0.4, 0.5) is 0 Å². The number of likely N-dealkylation sites (N-methyl/N-ethyl adjacent to an activating group) is 1.